The minimum absolute atomic E-state index is 0.0181. The molecule has 18 heavy (non-hydrogen) atoms. The van der Waals surface area contributed by atoms with Gasteiger partial charge in [0.05, 0.1) is 5.56 Å². The number of hydrogen-bond acceptors (Lipinski definition) is 2. The Labute approximate surface area is 117 Å². The van der Waals surface area contributed by atoms with Crippen LogP contribution in [0.4, 0.5) is 4.39 Å². The van der Waals surface area contributed by atoms with Crippen molar-refractivity contribution in [3.8, 4) is 0 Å². The van der Waals surface area contributed by atoms with Crippen LogP contribution in [0.15, 0.2) is 18.2 Å². The van der Waals surface area contributed by atoms with Gasteiger partial charge in [0.2, 0.25) is 0 Å². The van der Waals surface area contributed by atoms with Crippen LogP contribution in [0.3, 0.4) is 0 Å². The van der Waals surface area contributed by atoms with E-state index in [0.717, 1.165) is 12.8 Å². The molecule has 1 aromatic rings. The van der Waals surface area contributed by atoms with Crippen molar-refractivity contribution in [3.63, 3.8) is 0 Å². The summed E-state index contributed by atoms with van der Waals surface area (Å²) in [6, 6.07) is 2.93. The second-order valence-corrected chi connectivity index (χ2v) is 5.41. The third-order valence-electron chi connectivity index (χ3n) is 2.82. The molecule has 1 aliphatic carbocycles. The van der Waals surface area contributed by atoms with E-state index in [1.807, 2.05) is 22.6 Å². The number of carbonyl (C=O) groups is 2. The Hall–Kier alpha value is -1.18. The molecular weight excluding hydrogens is 352 g/mol. The molecule has 0 spiro atoms. The highest BCUT2D eigenvalue weighted by Crippen LogP contribution is 2.33. The molecule has 0 bridgehead atoms. The van der Waals surface area contributed by atoms with Crippen LogP contribution in [0, 0.1) is 15.3 Å². The maximum Gasteiger partial charge on any atom is 0.326 e. The Bertz CT molecular complexity index is 502. The Morgan fingerprint density at radius 2 is 2.11 bits per heavy atom. The van der Waals surface area contributed by atoms with Gasteiger partial charge in [0.25, 0.3) is 5.91 Å². The lowest BCUT2D eigenvalue weighted by molar-refractivity contribution is -0.139. The van der Waals surface area contributed by atoms with Gasteiger partial charge < -0.3 is 10.4 Å². The van der Waals surface area contributed by atoms with Gasteiger partial charge in [-0.3, -0.25) is 4.79 Å². The highest BCUT2D eigenvalue weighted by Gasteiger charge is 2.37. The maximum absolute atomic E-state index is 12.9. The van der Waals surface area contributed by atoms with Gasteiger partial charge in [-0.2, -0.15) is 0 Å². The molecule has 2 rings (SSSR count). The molecule has 4 nitrogen and oxygen atoms in total. The molecule has 1 unspecified atom stereocenters. The van der Waals surface area contributed by atoms with E-state index in [0.29, 0.717) is 9.13 Å². The summed E-state index contributed by atoms with van der Waals surface area (Å²) in [4.78, 5) is 22.9. The minimum atomic E-state index is -1.03. The molecule has 6 heteroatoms. The predicted molar refractivity (Wildman–Crippen MR) is 70.7 cm³/mol. The van der Waals surface area contributed by atoms with Gasteiger partial charge in [-0.05, 0) is 59.5 Å². The number of rotatable bonds is 4. The van der Waals surface area contributed by atoms with Crippen LogP contribution in [0.25, 0.3) is 0 Å². The molecule has 96 valence electrons. The number of carbonyl (C=O) groups excluding carboxylic acids is 1. The number of benzene rings is 1. The number of carboxylic acids is 1. The van der Waals surface area contributed by atoms with Crippen LogP contribution in [0.1, 0.15) is 23.2 Å². The molecule has 1 atom stereocenters. The van der Waals surface area contributed by atoms with Crippen molar-refractivity contribution < 1.29 is 19.1 Å². The molecule has 0 saturated heterocycles. The zero-order chi connectivity index (χ0) is 13.3. The number of halogens is 2. The molecule has 1 fully saturated rings. The van der Waals surface area contributed by atoms with E-state index < -0.39 is 23.7 Å². The van der Waals surface area contributed by atoms with Crippen LogP contribution in [0.5, 0.6) is 0 Å². The topological polar surface area (TPSA) is 66.4 Å². The van der Waals surface area contributed by atoms with Crippen LogP contribution in [0.2, 0.25) is 0 Å². The first-order valence-corrected chi connectivity index (χ1v) is 6.55. The third kappa shape index (κ3) is 2.98. The van der Waals surface area contributed by atoms with Gasteiger partial charge in [0.15, 0.2) is 0 Å². The van der Waals surface area contributed by atoms with Crippen molar-refractivity contribution in [2.75, 3.05) is 0 Å². The van der Waals surface area contributed by atoms with Crippen molar-refractivity contribution in [2.24, 2.45) is 5.92 Å². The number of nitrogens with one attached hydrogen (secondary N) is 1. The summed E-state index contributed by atoms with van der Waals surface area (Å²) in [6.45, 7) is 0. The first-order chi connectivity index (χ1) is 8.49. The standard InChI is InChI=1S/C12H11FINO3/c13-7-3-4-8(9(14)5-7)11(16)15-10(12(17)18)6-1-2-6/h3-6,10H,1-2H2,(H,15,16)(H,17,18). The van der Waals surface area contributed by atoms with Gasteiger partial charge in [-0.25, -0.2) is 9.18 Å². The first-order valence-electron chi connectivity index (χ1n) is 5.48. The molecule has 1 amide bonds. The summed E-state index contributed by atoms with van der Waals surface area (Å²) in [5, 5.41) is 11.5. The molecule has 1 saturated carbocycles. The maximum atomic E-state index is 12.9. The molecule has 0 heterocycles. The predicted octanol–water partition coefficient (Wildman–Crippen LogP) is 2.02. The highest BCUT2D eigenvalue weighted by molar-refractivity contribution is 14.1. The van der Waals surface area contributed by atoms with Gasteiger partial charge in [-0.1, -0.05) is 0 Å². The zero-order valence-corrected chi connectivity index (χ0v) is 11.5. The van der Waals surface area contributed by atoms with Crippen molar-refractivity contribution in [2.45, 2.75) is 18.9 Å². The van der Waals surface area contributed by atoms with E-state index in [2.05, 4.69) is 5.32 Å². The normalized spacial score (nSPS) is 16.1. The molecule has 1 aromatic carbocycles. The molecule has 0 aromatic heterocycles. The molecule has 2 N–H and O–H groups in total. The molecule has 1 aliphatic rings. The van der Waals surface area contributed by atoms with E-state index >= 15 is 0 Å². The lowest BCUT2D eigenvalue weighted by atomic mass is 10.1. The Morgan fingerprint density at radius 3 is 2.61 bits per heavy atom. The van der Waals surface area contributed by atoms with Gasteiger partial charge in [0, 0.05) is 3.57 Å². The SMILES string of the molecule is O=C(NC(C(=O)O)C1CC1)c1ccc(F)cc1I. The van der Waals surface area contributed by atoms with Crippen LogP contribution in [-0.4, -0.2) is 23.0 Å². The quantitative estimate of drug-likeness (QED) is 0.805. The number of carboxylic acid groups (broad SMARTS) is 1. The highest BCUT2D eigenvalue weighted by atomic mass is 127. The lowest BCUT2D eigenvalue weighted by Gasteiger charge is -2.14. The average molecular weight is 363 g/mol. The number of aliphatic carboxylic acids is 1. The van der Waals surface area contributed by atoms with E-state index in [4.69, 9.17) is 5.11 Å². The van der Waals surface area contributed by atoms with Crippen molar-refractivity contribution >= 4 is 34.5 Å². The second kappa shape index (κ2) is 5.21. The smallest absolute Gasteiger partial charge is 0.326 e. The van der Waals surface area contributed by atoms with E-state index in [1.54, 1.807) is 0 Å². The molecular formula is C12H11FINO3. The number of amides is 1. The first kappa shape index (κ1) is 13.3. The Balaban J connectivity index is 2.13. The summed E-state index contributed by atoms with van der Waals surface area (Å²) in [7, 11) is 0. The van der Waals surface area contributed by atoms with E-state index in [1.165, 1.54) is 18.2 Å². The van der Waals surface area contributed by atoms with E-state index in [9.17, 15) is 14.0 Å². The van der Waals surface area contributed by atoms with Crippen molar-refractivity contribution in [3.05, 3.63) is 33.1 Å². The summed E-state index contributed by atoms with van der Waals surface area (Å²) in [5.41, 5.74) is 0.295. The summed E-state index contributed by atoms with van der Waals surface area (Å²) in [5.74, 6) is -1.90. The third-order valence-corrected chi connectivity index (χ3v) is 3.71. The summed E-state index contributed by atoms with van der Waals surface area (Å²) in [6.07, 6.45) is 1.63. The summed E-state index contributed by atoms with van der Waals surface area (Å²) < 4.78 is 13.4. The van der Waals surface area contributed by atoms with Crippen LogP contribution >= 0.6 is 22.6 Å². The fourth-order valence-electron chi connectivity index (χ4n) is 1.70. The Kier molecular flexibility index (Phi) is 3.84. The molecule has 0 aliphatic heterocycles. The molecule has 0 radical (unpaired) electrons. The van der Waals surface area contributed by atoms with Crippen molar-refractivity contribution in [1.82, 2.24) is 5.32 Å². The van der Waals surface area contributed by atoms with Crippen molar-refractivity contribution in [1.29, 1.82) is 0 Å². The lowest BCUT2D eigenvalue weighted by Crippen LogP contribution is -2.42. The average Bonchev–Trinajstić information content (AvgIpc) is 3.08. The Morgan fingerprint density at radius 1 is 1.44 bits per heavy atom. The monoisotopic (exact) mass is 363 g/mol. The largest absolute Gasteiger partial charge is 0.480 e. The van der Waals surface area contributed by atoms with Crippen LogP contribution < -0.4 is 5.32 Å². The van der Waals surface area contributed by atoms with Crippen LogP contribution in [-0.2, 0) is 4.79 Å². The fourth-order valence-corrected chi connectivity index (χ4v) is 2.43. The van der Waals surface area contributed by atoms with E-state index in [-0.39, 0.29) is 5.92 Å². The van der Waals surface area contributed by atoms with Gasteiger partial charge in [-0.15, -0.1) is 0 Å². The van der Waals surface area contributed by atoms with Gasteiger partial charge in [0.1, 0.15) is 11.9 Å². The summed E-state index contributed by atoms with van der Waals surface area (Å²) >= 11 is 1.85. The zero-order valence-electron chi connectivity index (χ0n) is 9.32. The van der Waals surface area contributed by atoms with Gasteiger partial charge >= 0.3 is 5.97 Å². The minimum Gasteiger partial charge on any atom is -0.480 e. The number of hydrogen-bond donors (Lipinski definition) is 2. The second-order valence-electron chi connectivity index (χ2n) is 4.25. The fraction of sp³-hybridized carbons (Fsp3) is 0.333.